The fourth-order valence-electron chi connectivity index (χ4n) is 2.94. The fourth-order valence-corrected chi connectivity index (χ4v) is 2.94. The van der Waals surface area contributed by atoms with Crippen molar-refractivity contribution in [1.29, 1.82) is 0 Å². The number of imidazole rings is 1. The molecular formula is C16H17N5O5. The van der Waals surface area contributed by atoms with Gasteiger partial charge >= 0.3 is 0 Å². The number of fused-ring (bicyclic) bond motifs is 1. The number of hydrogen-bond acceptors (Lipinski definition) is 8. The van der Waals surface area contributed by atoms with Crippen LogP contribution in [0.25, 0.3) is 11.2 Å². The summed E-state index contributed by atoms with van der Waals surface area (Å²) in [4.78, 5) is 23.2. The van der Waals surface area contributed by atoms with Gasteiger partial charge < -0.3 is 25.4 Å². The summed E-state index contributed by atoms with van der Waals surface area (Å²) in [6.45, 7) is -0.448. The molecular weight excluding hydrogens is 342 g/mol. The summed E-state index contributed by atoms with van der Waals surface area (Å²) >= 11 is 0. The molecule has 1 aliphatic heterocycles. The second-order valence-corrected chi connectivity index (χ2v) is 5.96. The molecule has 0 bridgehead atoms. The molecule has 0 aliphatic carbocycles. The Morgan fingerprint density at radius 3 is 2.69 bits per heavy atom. The van der Waals surface area contributed by atoms with Crippen molar-refractivity contribution in [2.24, 2.45) is 0 Å². The average molecular weight is 359 g/mol. The standard InChI is InChI=1S/C16H17N5O5/c22-6-9-11(23)12(24)15(26-9)21-7-17-10-13(21)19-16(20-14(10)25)18-8-4-2-1-3-5-8/h1-5,7,9,11-12,15,22-24H,6H2,(H2,18,19,20,25)/t9-,11?,12?,15-/m1/s1. The van der Waals surface area contributed by atoms with Crippen LogP contribution in [0, 0.1) is 0 Å². The highest BCUT2D eigenvalue weighted by molar-refractivity contribution is 5.71. The van der Waals surface area contributed by atoms with Crippen LogP contribution in [0.15, 0.2) is 41.5 Å². The van der Waals surface area contributed by atoms with Gasteiger partial charge in [0.15, 0.2) is 17.4 Å². The highest BCUT2D eigenvalue weighted by atomic mass is 16.6. The number of para-hydroxylation sites is 1. The van der Waals surface area contributed by atoms with E-state index in [-0.39, 0.29) is 17.1 Å². The van der Waals surface area contributed by atoms with Crippen molar-refractivity contribution in [3.8, 4) is 0 Å². The lowest BCUT2D eigenvalue weighted by atomic mass is 10.1. The Bertz CT molecular complexity index is 972. The number of ether oxygens (including phenoxy) is 1. The van der Waals surface area contributed by atoms with E-state index < -0.39 is 36.7 Å². The van der Waals surface area contributed by atoms with Crippen molar-refractivity contribution in [2.75, 3.05) is 11.9 Å². The number of rotatable bonds is 4. The minimum Gasteiger partial charge on any atom is -0.394 e. The van der Waals surface area contributed by atoms with E-state index in [1.807, 2.05) is 30.3 Å². The van der Waals surface area contributed by atoms with Gasteiger partial charge in [-0.05, 0) is 12.1 Å². The Balaban J connectivity index is 1.74. The highest BCUT2D eigenvalue weighted by Gasteiger charge is 2.44. The third-order valence-electron chi connectivity index (χ3n) is 4.26. The first-order chi connectivity index (χ1) is 12.6. The quantitative estimate of drug-likeness (QED) is 0.418. The number of aromatic amines is 1. The largest absolute Gasteiger partial charge is 0.394 e. The summed E-state index contributed by atoms with van der Waals surface area (Å²) in [6.07, 6.45) is -3.20. The van der Waals surface area contributed by atoms with Crippen LogP contribution in [0.3, 0.4) is 0 Å². The SMILES string of the molecule is O=c1[nH]c(Nc2ccccc2)nc2c1ncn2[C@@H]1O[C@H](CO)C(O)C1O. The van der Waals surface area contributed by atoms with Crippen LogP contribution in [0.1, 0.15) is 6.23 Å². The van der Waals surface area contributed by atoms with Gasteiger partial charge in [-0.25, -0.2) is 4.98 Å². The van der Waals surface area contributed by atoms with E-state index in [1.165, 1.54) is 10.9 Å². The van der Waals surface area contributed by atoms with Crippen LogP contribution in [0.5, 0.6) is 0 Å². The van der Waals surface area contributed by atoms with Gasteiger partial charge in [-0.2, -0.15) is 4.98 Å². The molecule has 5 N–H and O–H groups in total. The molecule has 4 rings (SSSR count). The number of aromatic nitrogens is 4. The van der Waals surface area contributed by atoms with Gasteiger partial charge in [0.05, 0.1) is 12.9 Å². The number of nitrogens with one attached hydrogen (secondary N) is 2. The first-order valence-corrected chi connectivity index (χ1v) is 8.00. The molecule has 26 heavy (non-hydrogen) atoms. The van der Waals surface area contributed by atoms with Gasteiger partial charge in [-0.15, -0.1) is 0 Å². The average Bonchev–Trinajstić information content (AvgIpc) is 3.18. The van der Waals surface area contributed by atoms with E-state index in [2.05, 4.69) is 20.3 Å². The lowest BCUT2D eigenvalue weighted by molar-refractivity contribution is -0.0511. The molecule has 10 heteroatoms. The first-order valence-electron chi connectivity index (χ1n) is 8.00. The zero-order valence-corrected chi connectivity index (χ0v) is 13.5. The molecule has 0 spiro atoms. The maximum atomic E-state index is 12.3. The minimum atomic E-state index is -1.30. The van der Waals surface area contributed by atoms with E-state index >= 15 is 0 Å². The fraction of sp³-hybridized carbons (Fsp3) is 0.312. The molecule has 2 aromatic heterocycles. The molecule has 136 valence electrons. The summed E-state index contributed by atoms with van der Waals surface area (Å²) in [6, 6.07) is 9.16. The summed E-state index contributed by atoms with van der Waals surface area (Å²) in [5, 5.41) is 32.4. The smallest absolute Gasteiger partial charge is 0.280 e. The van der Waals surface area contributed by atoms with Gasteiger partial charge in [0.1, 0.15) is 18.3 Å². The van der Waals surface area contributed by atoms with E-state index in [9.17, 15) is 20.1 Å². The summed E-state index contributed by atoms with van der Waals surface area (Å²) in [7, 11) is 0. The lowest BCUT2D eigenvalue weighted by Crippen LogP contribution is -2.33. The van der Waals surface area contributed by atoms with Gasteiger partial charge in [-0.3, -0.25) is 14.3 Å². The summed E-state index contributed by atoms with van der Waals surface area (Å²) in [5.74, 6) is 0.196. The number of aliphatic hydroxyl groups excluding tert-OH is 3. The van der Waals surface area contributed by atoms with Crippen molar-refractivity contribution in [2.45, 2.75) is 24.5 Å². The van der Waals surface area contributed by atoms with Crippen LogP contribution < -0.4 is 10.9 Å². The van der Waals surface area contributed by atoms with Crippen LogP contribution in [0.4, 0.5) is 11.6 Å². The highest BCUT2D eigenvalue weighted by Crippen LogP contribution is 2.31. The molecule has 0 radical (unpaired) electrons. The van der Waals surface area contributed by atoms with Crippen molar-refractivity contribution in [3.05, 3.63) is 47.0 Å². The monoisotopic (exact) mass is 359 g/mol. The van der Waals surface area contributed by atoms with E-state index in [1.54, 1.807) is 0 Å². The molecule has 1 aliphatic rings. The number of H-pyrrole nitrogens is 1. The second kappa shape index (κ2) is 6.50. The topological polar surface area (TPSA) is 146 Å². The van der Waals surface area contributed by atoms with Gasteiger partial charge in [-0.1, -0.05) is 18.2 Å². The van der Waals surface area contributed by atoms with Crippen molar-refractivity contribution >= 4 is 22.8 Å². The van der Waals surface area contributed by atoms with Crippen molar-refractivity contribution in [1.82, 2.24) is 19.5 Å². The maximum absolute atomic E-state index is 12.3. The third-order valence-corrected chi connectivity index (χ3v) is 4.26. The van der Waals surface area contributed by atoms with E-state index in [4.69, 9.17) is 4.74 Å². The van der Waals surface area contributed by atoms with E-state index in [0.717, 1.165) is 5.69 Å². The third kappa shape index (κ3) is 2.74. The van der Waals surface area contributed by atoms with E-state index in [0.29, 0.717) is 0 Å². The van der Waals surface area contributed by atoms with Crippen LogP contribution >= 0.6 is 0 Å². The molecule has 1 saturated heterocycles. The lowest BCUT2D eigenvalue weighted by Gasteiger charge is -2.16. The van der Waals surface area contributed by atoms with Crippen LogP contribution in [-0.4, -0.2) is 59.8 Å². The Labute approximate surface area is 146 Å². The molecule has 0 amide bonds. The van der Waals surface area contributed by atoms with Crippen molar-refractivity contribution in [3.63, 3.8) is 0 Å². The van der Waals surface area contributed by atoms with Gasteiger partial charge in [0.2, 0.25) is 5.95 Å². The Morgan fingerprint density at radius 1 is 1.23 bits per heavy atom. The molecule has 0 saturated carbocycles. The number of hydrogen-bond donors (Lipinski definition) is 5. The predicted molar refractivity (Wildman–Crippen MR) is 90.9 cm³/mol. The number of anilines is 2. The first kappa shape index (κ1) is 16.7. The molecule has 1 fully saturated rings. The molecule has 2 unspecified atom stereocenters. The predicted octanol–water partition coefficient (Wildman–Crippen LogP) is -0.525. The summed E-state index contributed by atoms with van der Waals surface area (Å²) < 4.78 is 6.85. The number of nitrogens with zero attached hydrogens (tertiary/aromatic N) is 3. The zero-order valence-electron chi connectivity index (χ0n) is 13.5. The Morgan fingerprint density at radius 2 is 2.00 bits per heavy atom. The van der Waals surface area contributed by atoms with Crippen LogP contribution in [0.2, 0.25) is 0 Å². The Hall–Kier alpha value is -2.79. The number of aliphatic hydroxyl groups is 3. The summed E-state index contributed by atoms with van der Waals surface area (Å²) in [5.41, 5.74) is 0.524. The Kier molecular flexibility index (Phi) is 4.17. The molecule has 3 aromatic rings. The maximum Gasteiger partial charge on any atom is 0.280 e. The number of benzene rings is 1. The zero-order chi connectivity index (χ0) is 18.3. The molecule has 1 aromatic carbocycles. The minimum absolute atomic E-state index is 0.0707. The molecule has 3 heterocycles. The normalized spacial score (nSPS) is 25.7. The van der Waals surface area contributed by atoms with Crippen molar-refractivity contribution < 1.29 is 20.1 Å². The molecule has 4 atom stereocenters. The second-order valence-electron chi connectivity index (χ2n) is 5.96. The molecule has 10 nitrogen and oxygen atoms in total. The van der Waals surface area contributed by atoms with Gasteiger partial charge in [0.25, 0.3) is 5.56 Å². The van der Waals surface area contributed by atoms with Gasteiger partial charge in [0, 0.05) is 5.69 Å². The van der Waals surface area contributed by atoms with Crippen LogP contribution in [-0.2, 0) is 4.74 Å².